The lowest BCUT2D eigenvalue weighted by Crippen LogP contribution is -2.63. The summed E-state index contributed by atoms with van der Waals surface area (Å²) in [7, 11) is 9.66. The Hall–Kier alpha value is -7.66. The molecule has 0 radical (unpaired) electrons. The van der Waals surface area contributed by atoms with Crippen LogP contribution < -0.4 is 25.2 Å². The fraction of sp³-hybridized carbons (Fsp3) is 0.557. The standard InChI is InChI=1S/C70H94ClN9O17/c1-45-17-15-22-56(90-10)70(88)43-55(95-68(87)74-70)46(2)66-69(4,97-66)57(42-62(85)78(7)53-40-48(39-45)41-54(89-9)63(53)71)96-67(86)47(3)77(6)60(83)24-16-23-59(82)76(5)28-32-92-34-36-94-38-37-93-35-33-91-31-26-58(81)73-27-25-61(84)79-44-49-18-11-12-19-50(49)64(75-72)65(80(8)29-30-80)51-20-13-14-21-52(51)79/h11-15,17-22,40-41,46-47,55-57,66,72,88H,16,23-39,42-44H2,1-10H3,(H-,73,74,81,87)/p+1/b22-15+,45-17-,65-64?,75-72?/t46-,47+,55+,56-,57+,66+,69+,70+/m1/s1. The fourth-order valence-electron chi connectivity index (χ4n) is 12.3. The Labute approximate surface area is 572 Å². The molecule has 3 fully saturated rings. The first-order valence-corrected chi connectivity index (χ1v) is 33.4. The summed E-state index contributed by atoms with van der Waals surface area (Å²) in [6.07, 6.45) is 0.848. The number of quaternary nitrogens is 1. The van der Waals surface area contributed by atoms with Crippen molar-refractivity contribution < 1.29 is 85.8 Å². The largest absolute Gasteiger partial charge is 0.495 e. The van der Waals surface area contributed by atoms with Gasteiger partial charge in [0.15, 0.2) is 17.1 Å². The predicted molar refractivity (Wildman–Crippen MR) is 360 cm³/mol. The van der Waals surface area contributed by atoms with Crippen molar-refractivity contribution in [1.82, 2.24) is 20.4 Å². The number of methoxy groups -OCH3 is 2. The molecule has 0 aliphatic carbocycles. The van der Waals surface area contributed by atoms with Crippen molar-refractivity contribution in [1.29, 1.82) is 5.53 Å². The van der Waals surface area contributed by atoms with E-state index in [9.17, 15) is 38.7 Å². The van der Waals surface area contributed by atoms with Gasteiger partial charge in [0.05, 0.1) is 103 Å². The highest BCUT2D eigenvalue weighted by molar-refractivity contribution is 6.35. The molecule has 0 unspecified atom stereocenters. The van der Waals surface area contributed by atoms with Crippen LogP contribution in [0.3, 0.4) is 0 Å². The number of epoxide rings is 1. The highest BCUT2D eigenvalue weighted by Gasteiger charge is 2.64. The maximum Gasteiger partial charge on any atom is 0.409 e. The van der Waals surface area contributed by atoms with Gasteiger partial charge in [-0.15, -0.1) is 0 Å². The molecule has 6 amide bonds. The van der Waals surface area contributed by atoms with Gasteiger partial charge < -0.3 is 72.7 Å². The highest BCUT2D eigenvalue weighted by atomic mass is 35.5. The zero-order chi connectivity index (χ0) is 70.2. The number of fused-ring (bicyclic) bond motifs is 7. The molecule has 3 aromatic carbocycles. The van der Waals surface area contributed by atoms with Crippen LogP contribution in [0.25, 0.3) is 11.4 Å². The molecule has 5 aliphatic rings. The van der Waals surface area contributed by atoms with Gasteiger partial charge in [0.25, 0.3) is 0 Å². The van der Waals surface area contributed by atoms with Crippen LogP contribution in [0.15, 0.2) is 89.6 Å². The lowest BCUT2D eigenvalue weighted by molar-refractivity contribution is -0.695. The molecule has 97 heavy (non-hydrogen) atoms. The van der Waals surface area contributed by atoms with Crippen LogP contribution in [0.1, 0.15) is 94.9 Å². The quantitative estimate of drug-likeness (QED) is 0.0179. The van der Waals surface area contributed by atoms with Crippen molar-refractivity contribution in [3.63, 3.8) is 0 Å². The molecule has 8 rings (SSSR count). The molecule has 5 aliphatic heterocycles. The zero-order valence-corrected chi connectivity index (χ0v) is 58.1. The fourth-order valence-corrected chi connectivity index (χ4v) is 12.6. The number of amides is 6. The number of hydrogen-bond acceptors (Lipinski definition) is 19. The number of carbonyl (C=O) groups excluding carboxylic acids is 7. The Morgan fingerprint density at radius 1 is 0.897 bits per heavy atom. The van der Waals surface area contributed by atoms with E-state index in [1.54, 1.807) is 57.1 Å². The normalized spacial score (nSPS) is 24.0. The van der Waals surface area contributed by atoms with Gasteiger partial charge in [-0.2, -0.15) is 5.11 Å². The Morgan fingerprint density at radius 2 is 1.55 bits per heavy atom. The second-order valence-electron chi connectivity index (χ2n) is 25.7. The second kappa shape index (κ2) is 34.2. The van der Waals surface area contributed by atoms with E-state index in [2.05, 4.69) is 22.8 Å². The SMILES string of the molecule is COc1cc2cc(c1Cl)N(C)C(=O)C[C@H](OC(=O)[C@H](C)N(C)C(=O)CCCC(=O)N(C)CCOCCOCCOCCOCCC(=O)NCCC(=O)N1Cc3ccccc3C(N=N)=C([N+]3(C)CC3)c3ccccc31)[C@]1(C)O[C@H]1[C@H](C)[C@@H]1C[C@@](O)(NC(=O)O1)[C@H](OC)/C=C/C=C(/C)C2. The van der Waals surface area contributed by atoms with Gasteiger partial charge in [-0.3, -0.25) is 33.8 Å². The number of esters is 1. The minimum absolute atomic E-state index is 0.0461. The Morgan fingerprint density at radius 3 is 2.22 bits per heavy atom. The molecule has 27 heteroatoms. The molecule has 0 saturated carbocycles. The van der Waals surface area contributed by atoms with Crippen molar-refractivity contribution in [2.75, 3.05) is 131 Å². The number of allylic oxidation sites excluding steroid dienone is 3. The van der Waals surface area contributed by atoms with E-state index in [0.717, 1.165) is 52.3 Å². The van der Waals surface area contributed by atoms with Crippen molar-refractivity contribution in [2.24, 2.45) is 11.0 Å². The third kappa shape index (κ3) is 19.2. The summed E-state index contributed by atoms with van der Waals surface area (Å²) in [6, 6.07) is 17.9. The van der Waals surface area contributed by atoms with Gasteiger partial charge >= 0.3 is 12.1 Å². The van der Waals surface area contributed by atoms with Gasteiger partial charge in [0.1, 0.15) is 53.8 Å². The van der Waals surface area contributed by atoms with Gasteiger partial charge in [-0.05, 0) is 69.0 Å². The number of halogens is 1. The van der Waals surface area contributed by atoms with Gasteiger partial charge in [0.2, 0.25) is 29.5 Å². The first-order chi connectivity index (χ1) is 46.4. The highest BCUT2D eigenvalue weighted by Crippen LogP contribution is 2.50. The molecule has 0 aromatic heterocycles. The van der Waals surface area contributed by atoms with Crippen molar-refractivity contribution in [3.8, 4) is 5.75 Å². The maximum atomic E-state index is 14.4. The Kier molecular flexibility index (Phi) is 26.5. The molecule has 528 valence electrons. The molecule has 3 saturated heterocycles. The second-order valence-corrected chi connectivity index (χ2v) is 26.1. The van der Waals surface area contributed by atoms with E-state index in [0.29, 0.717) is 67.6 Å². The summed E-state index contributed by atoms with van der Waals surface area (Å²) in [4.78, 5) is 101. The number of para-hydroxylation sites is 1. The molecule has 3 aromatic rings. The number of hydrogen-bond donors (Lipinski definition) is 4. The lowest BCUT2D eigenvalue weighted by Gasteiger charge is -2.42. The average Bonchev–Trinajstić information content (AvgIpc) is 1.65. The molecular weight excluding hydrogens is 1270 g/mol. The van der Waals surface area contributed by atoms with E-state index in [4.69, 9.17) is 59.8 Å². The van der Waals surface area contributed by atoms with Crippen molar-refractivity contribution in [3.05, 3.63) is 112 Å². The van der Waals surface area contributed by atoms with Crippen LogP contribution in [-0.4, -0.2) is 224 Å². The molecular formula is C70H95ClN9O17+. The summed E-state index contributed by atoms with van der Waals surface area (Å²) in [5, 5.41) is 21.5. The van der Waals surface area contributed by atoms with E-state index in [1.165, 1.54) is 42.9 Å². The Balaban J connectivity index is 0.697. The first kappa shape index (κ1) is 75.1. The van der Waals surface area contributed by atoms with Crippen molar-refractivity contribution in [2.45, 2.75) is 127 Å². The number of likely N-dealkylation sites (N-methyl/N-ethyl adjacent to an activating group) is 3. The zero-order valence-electron chi connectivity index (χ0n) is 57.4. The van der Waals surface area contributed by atoms with E-state index in [1.807, 2.05) is 61.5 Å². The molecule has 0 spiro atoms. The van der Waals surface area contributed by atoms with Crippen LogP contribution in [0.4, 0.5) is 16.2 Å². The number of benzene rings is 3. The van der Waals surface area contributed by atoms with E-state index < -0.39 is 71.6 Å². The van der Waals surface area contributed by atoms with Crippen LogP contribution in [0, 0.1) is 11.4 Å². The third-order valence-electron chi connectivity index (χ3n) is 18.7. The Bertz CT molecular complexity index is 3440. The van der Waals surface area contributed by atoms with Gasteiger partial charge in [0, 0.05) is 84.9 Å². The molecule has 4 bridgehead atoms. The summed E-state index contributed by atoms with van der Waals surface area (Å²) < 4.78 is 52.6. The first-order valence-electron chi connectivity index (χ1n) is 33.0. The number of nitrogens with one attached hydrogen (secondary N) is 3. The minimum Gasteiger partial charge on any atom is -0.495 e. The summed E-state index contributed by atoms with van der Waals surface area (Å²) in [5.74, 6) is -2.54. The van der Waals surface area contributed by atoms with Crippen LogP contribution in [0.2, 0.25) is 5.02 Å². The topological polar surface area (TPSA) is 299 Å². The lowest BCUT2D eigenvalue weighted by atomic mass is 9.83. The smallest absolute Gasteiger partial charge is 0.409 e. The van der Waals surface area contributed by atoms with Gasteiger partial charge in [-0.25, -0.2) is 15.1 Å². The average molecular weight is 1370 g/mol. The number of ether oxygens (including phenoxy) is 9. The van der Waals surface area contributed by atoms with Crippen LogP contribution in [-0.2, 0) is 79.6 Å². The molecule has 4 N–H and O–H groups in total. The third-order valence-corrected chi connectivity index (χ3v) is 19.1. The van der Waals surface area contributed by atoms with Crippen molar-refractivity contribution >= 4 is 76.0 Å². The number of anilines is 2. The van der Waals surface area contributed by atoms with E-state index >= 15 is 0 Å². The molecule has 5 heterocycles. The minimum atomic E-state index is -1.88. The maximum absolute atomic E-state index is 14.4. The summed E-state index contributed by atoms with van der Waals surface area (Å²) in [5.41, 5.74) is 11.9. The number of carbonyl (C=O) groups is 7. The van der Waals surface area contributed by atoms with E-state index in [-0.39, 0.29) is 101 Å². The number of rotatable bonds is 29. The summed E-state index contributed by atoms with van der Waals surface area (Å²) in [6.45, 7) is 11.7. The van der Waals surface area contributed by atoms with Crippen LogP contribution in [0.5, 0.6) is 5.75 Å². The number of alkyl carbamates (subject to hydrolysis) is 1. The van der Waals surface area contributed by atoms with Gasteiger partial charge in [-0.1, -0.05) is 78.7 Å². The molecule has 26 nitrogen and oxygen atoms in total. The monoisotopic (exact) mass is 1370 g/mol. The molecule has 8 atom stereocenters. The van der Waals surface area contributed by atoms with Crippen LogP contribution >= 0.6 is 11.6 Å². The number of aliphatic hydroxyl groups is 1. The summed E-state index contributed by atoms with van der Waals surface area (Å²) >= 11 is 6.84. The number of nitrogens with zero attached hydrogens (tertiary/aromatic N) is 6. The predicted octanol–water partition coefficient (Wildman–Crippen LogP) is 6.97.